The summed E-state index contributed by atoms with van der Waals surface area (Å²) in [5.41, 5.74) is 0. The molecule has 3 unspecified atom stereocenters. The van der Waals surface area contributed by atoms with Crippen LogP contribution in [0.15, 0.2) is 34.9 Å². The molecule has 1 aliphatic carbocycles. The number of hydrogen-bond acceptors (Lipinski definition) is 3. The summed E-state index contributed by atoms with van der Waals surface area (Å²) in [7, 11) is 0. The first-order valence-corrected chi connectivity index (χ1v) is 8.48. The summed E-state index contributed by atoms with van der Waals surface area (Å²) in [6.45, 7) is 2.34. The fraction of sp³-hybridized carbons (Fsp3) is 0.500. The average Bonchev–Trinajstić information content (AvgIpc) is 3.09. The zero-order chi connectivity index (χ0) is 13.9. The molecule has 108 valence electrons. The summed E-state index contributed by atoms with van der Waals surface area (Å²) in [4.78, 5) is 1.22. The second-order valence-electron chi connectivity index (χ2n) is 5.63. The van der Waals surface area contributed by atoms with E-state index in [0.29, 0.717) is 6.04 Å². The van der Waals surface area contributed by atoms with Crippen LogP contribution in [0.2, 0.25) is 4.34 Å². The van der Waals surface area contributed by atoms with Crippen LogP contribution in [0.4, 0.5) is 0 Å². The van der Waals surface area contributed by atoms with E-state index in [1.807, 2.05) is 18.2 Å². The van der Waals surface area contributed by atoms with Gasteiger partial charge >= 0.3 is 0 Å². The summed E-state index contributed by atoms with van der Waals surface area (Å²) in [6.07, 6.45) is 6.97. The van der Waals surface area contributed by atoms with Crippen molar-refractivity contribution in [3.05, 3.63) is 45.5 Å². The molecular weight excluding hydrogens is 290 g/mol. The van der Waals surface area contributed by atoms with Crippen molar-refractivity contribution < 1.29 is 4.42 Å². The molecule has 2 aromatic rings. The third kappa shape index (κ3) is 3.11. The summed E-state index contributed by atoms with van der Waals surface area (Å²) in [5, 5.41) is 3.80. The van der Waals surface area contributed by atoms with E-state index in [-0.39, 0.29) is 6.04 Å². The molecule has 3 atom stereocenters. The Bertz CT molecular complexity index is 536. The lowest BCUT2D eigenvalue weighted by molar-refractivity contribution is 0.260. The first-order valence-electron chi connectivity index (χ1n) is 7.28. The summed E-state index contributed by atoms with van der Waals surface area (Å²) in [5.74, 6) is 1.69. The lowest BCUT2D eigenvalue weighted by Gasteiger charge is -2.32. The van der Waals surface area contributed by atoms with Gasteiger partial charge in [-0.3, -0.25) is 5.32 Å². The molecule has 0 saturated heterocycles. The molecule has 4 heteroatoms. The number of hydrogen-bond donors (Lipinski definition) is 1. The zero-order valence-electron chi connectivity index (χ0n) is 11.6. The average molecular weight is 310 g/mol. The van der Waals surface area contributed by atoms with Crippen molar-refractivity contribution in [1.82, 2.24) is 5.32 Å². The maximum atomic E-state index is 6.10. The Labute approximate surface area is 129 Å². The van der Waals surface area contributed by atoms with E-state index < -0.39 is 0 Å². The monoisotopic (exact) mass is 309 g/mol. The minimum Gasteiger partial charge on any atom is -0.467 e. The number of halogens is 1. The van der Waals surface area contributed by atoms with Crippen molar-refractivity contribution in [2.24, 2.45) is 5.92 Å². The molecule has 0 amide bonds. The standard InChI is InChI=1S/C16H20ClNOS/c1-11-5-2-3-6-12(11)18-16(13-7-4-10-19-13)14-8-9-15(17)20-14/h4,7-12,16,18H,2-3,5-6H2,1H3. The van der Waals surface area contributed by atoms with Crippen molar-refractivity contribution in [2.45, 2.75) is 44.7 Å². The number of rotatable bonds is 4. The number of thiophene rings is 1. The van der Waals surface area contributed by atoms with E-state index >= 15 is 0 Å². The smallest absolute Gasteiger partial charge is 0.126 e. The lowest BCUT2D eigenvalue weighted by Crippen LogP contribution is -2.39. The molecule has 2 nitrogen and oxygen atoms in total. The van der Waals surface area contributed by atoms with Gasteiger partial charge in [-0.05, 0) is 43.0 Å². The van der Waals surface area contributed by atoms with Gasteiger partial charge < -0.3 is 4.42 Å². The van der Waals surface area contributed by atoms with Gasteiger partial charge in [0.15, 0.2) is 0 Å². The largest absolute Gasteiger partial charge is 0.467 e. The summed E-state index contributed by atoms with van der Waals surface area (Å²) < 4.78 is 6.47. The van der Waals surface area contributed by atoms with E-state index in [9.17, 15) is 0 Å². The van der Waals surface area contributed by atoms with Crippen LogP contribution in [0.25, 0.3) is 0 Å². The van der Waals surface area contributed by atoms with Gasteiger partial charge in [0, 0.05) is 10.9 Å². The molecule has 0 spiro atoms. The topological polar surface area (TPSA) is 25.2 Å². The van der Waals surface area contributed by atoms with Crippen LogP contribution in [0.3, 0.4) is 0 Å². The van der Waals surface area contributed by atoms with Crippen LogP contribution in [-0.2, 0) is 0 Å². The van der Waals surface area contributed by atoms with Crippen molar-refractivity contribution in [3.8, 4) is 0 Å². The minimum atomic E-state index is 0.119. The molecule has 1 N–H and O–H groups in total. The van der Waals surface area contributed by atoms with E-state index in [4.69, 9.17) is 16.0 Å². The minimum absolute atomic E-state index is 0.119. The molecule has 2 heterocycles. The Balaban J connectivity index is 1.82. The molecule has 1 fully saturated rings. The van der Waals surface area contributed by atoms with Crippen molar-refractivity contribution in [3.63, 3.8) is 0 Å². The fourth-order valence-electron chi connectivity index (χ4n) is 3.02. The highest BCUT2D eigenvalue weighted by atomic mass is 35.5. The van der Waals surface area contributed by atoms with E-state index in [1.165, 1.54) is 30.6 Å². The van der Waals surface area contributed by atoms with Gasteiger partial charge in [-0.2, -0.15) is 0 Å². The Morgan fingerprint density at radius 1 is 1.30 bits per heavy atom. The predicted molar refractivity (Wildman–Crippen MR) is 84.4 cm³/mol. The Kier molecular flexibility index (Phi) is 4.49. The molecule has 0 aromatic carbocycles. The van der Waals surface area contributed by atoms with Gasteiger partial charge in [0.2, 0.25) is 0 Å². The van der Waals surface area contributed by atoms with Gasteiger partial charge in [0.25, 0.3) is 0 Å². The van der Waals surface area contributed by atoms with Gasteiger partial charge in [-0.25, -0.2) is 0 Å². The second kappa shape index (κ2) is 6.33. The van der Waals surface area contributed by atoms with Gasteiger partial charge in [0.05, 0.1) is 10.6 Å². The Hall–Kier alpha value is -0.770. The third-order valence-electron chi connectivity index (χ3n) is 4.20. The van der Waals surface area contributed by atoms with Crippen LogP contribution in [0.5, 0.6) is 0 Å². The first kappa shape index (κ1) is 14.2. The molecule has 3 rings (SSSR count). The van der Waals surface area contributed by atoms with Crippen molar-refractivity contribution >= 4 is 22.9 Å². The van der Waals surface area contributed by atoms with Gasteiger partial charge in [-0.1, -0.05) is 31.4 Å². The molecule has 1 saturated carbocycles. The second-order valence-corrected chi connectivity index (χ2v) is 7.37. The van der Waals surface area contributed by atoms with Crippen LogP contribution in [0.1, 0.15) is 49.3 Å². The maximum absolute atomic E-state index is 6.10. The van der Waals surface area contributed by atoms with Crippen molar-refractivity contribution in [1.29, 1.82) is 0 Å². The molecule has 0 aliphatic heterocycles. The Morgan fingerprint density at radius 3 is 2.80 bits per heavy atom. The van der Waals surface area contributed by atoms with Gasteiger partial charge in [0.1, 0.15) is 11.8 Å². The Morgan fingerprint density at radius 2 is 2.15 bits per heavy atom. The highest BCUT2D eigenvalue weighted by molar-refractivity contribution is 7.16. The van der Waals surface area contributed by atoms with E-state index in [2.05, 4.69) is 18.3 Å². The third-order valence-corrected chi connectivity index (χ3v) is 5.49. The summed E-state index contributed by atoms with van der Waals surface area (Å²) in [6, 6.07) is 8.72. The fourth-order valence-corrected chi connectivity index (χ4v) is 4.15. The van der Waals surface area contributed by atoms with E-state index in [0.717, 1.165) is 16.0 Å². The molecule has 1 aliphatic rings. The molecule has 0 radical (unpaired) electrons. The predicted octanol–water partition coefficient (Wildman–Crippen LogP) is 5.25. The zero-order valence-corrected chi connectivity index (χ0v) is 13.2. The SMILES string of the molecule is CC1CCCCC1NC(c1ccco1)c1ccc(Cl)s1. The lowest BCUT2D eigenvalue weighted by atomic mass is 9.85. The molecule has 20 heavy (non-hydrogen) atoms. The number of nitrogens with one attached hydrogen (secondary N) is 1. The van der Waals surface area contributed by atoms with Crippen molar-refractivity contribution in [2.75, 3.05) is 0 Å². The maximum Gasteiger partial charge on any atom is 0.126 e. The first-order chi connectivity index (χ1) is 9.74. The van der Waals surface area contributed by atoms with Gasteiger partial charge in [-0.15, -0.1) is 11.3 Å². The highest BCUT2D eigenvalue weighted by Crippen LogP contribution is 2.34. The molecular formula is C16H20ClNOS. The van der Waals surface area contributed by atoms with Crippen LogP contribution >= 0.6 is 22.9 Å². The van der Waals surface area contributed by atoms with Crippen LogP contribution in [-0.4, -0.2) is 6.04 Å². The highest BCUT2D eigenvalue weighted by Gasteiger charge is 2.27. The van der Waals surface area contributed by atoms with E-state index in [1.54, 1.807) is 17.6 Å². The molecule has 0 bridgehead atoms. The summed E-state index contributed by atoms with van der Waals surface area (Å²) >= 11 is 7.72. The van der Waals surface area contributed by atoms with Crippen LogP contribution in [0, 0.1) is 5.92 Å². The van der Waals surface area contributed by atoms with Crippen LogP contribution < -0.4 is 5.32 Å². The molecule has 2 aromatic heterocycles. The number of furan rings is 1. The normalized spacial score (nSPS) is 24.7. The quantitative estimate of drug-likeness (QED) is 0.834.